The Kier molecular flexibility index (Phi) is 8.78. The molecule has 2 nitrogen and oxygen atoms in total. The summed E-state index contributed by atoms with van der Waals surface area (Å²) in [5.74, 6) is -1.54. The zero-order valence-electron chi connectivity index (χ0n) is 36.4. The monoisotopic (exact) mass is 844 g/mol. The Morgan fingerprint density at radius 1 is 0.297 bits per heavy atom. The van der Waals surface area contributed by atoms with E-state index >= 15 is 0 Å². The number of benzene rings is 9. The molecular weight excluding hydrogens is 801 g/mol. The average Bonchev–Trinajstić information content (AvgIpc) is 3.75. The van der Waals surface area contributed by atoms with Crippen LogP contribution in [0.3, 0.4) is 0 Å². The van der Waals surface area contributed by atoms with Crippen LogP contribution in [0.1, 0.15) is 52.7 Å². The van der Waals surface area contributed by atoms with Gasteiger partial charge in [-0.1, -0.05) is 102 Å². The van der Waals surface area contributed by atoms with Crippen molar-refractivity contribution in [3.63, 3.8) is 0 Å². The van der Waals surface area contributed by atoms with Gasteiger partial charge in [0, 0.05) is 32.9 Å². The van der Waals surface area contributed by atoms with E-state index in [2.05, 4.69) is 136 Å². The lowest BCUT2D eigenvalue weighted by molar-refractivity contribution is 0.590. The lowest BCUT2D eigenvalue weighted by Crippen LogP contribution is -2.10. The van der Waals surface area contributed by atoms with Crippen LogP contribution < -0.4 is 0 Å². The van der Waals surface area contributed by atoms with Crippen molar-refractivity contribution in [2.24, 2.45) is 0 Å². The van der Waals surface area contributed by atoms with Gasteiger partial charge in [0.1, 0.15) is 23.3 Å². The van der Waals surface area contributed by atoms with Crippen LogP contribution in [0, 0.1) is 23.3 Å². The van der Waals surface area contributed by atoms with Gasteiger partial charge in [0.15, 0.2) is 0 Å². The van der Waals surface area contributed by atoms with Crippen molar-refractivity contribution >= 4 is 65.2 Å². The Hall–Kier alpha value is -7.18. The maximum Gasteiger partial charge on any atom is 0.123 e. The minimum atomic E-state index is -0.386. The quantitative estimate of drug-likeness (QED) is 0.123. The second-order valence-corrected chi connectivity index (χ2v) is 19.2. The molecule has 11 aromatic rings. The van der Waals surface area contributed by atoms with Crippen molar-refractivity contribution in [2.75, 3.05) is 0 Å². The van der Waals surface area contributed by atoms with Crippen molar-refractivity contribution in [2.45, 2.75) is 52.4 Å². The van der Waals surface area contributed by atoms with Crippen molar-refractivity contribution in [3.8, 4) is 33.6 Å². The van der Waals surface area contributed by atoms with E-state index in [0.29, 0.717) is 21.5 Å². The molecule has 0 unspecified atom stereocenters. The van der Waals surface area contributed by atoms with Gasteiger partial charge in [0.05, 0.1) is 22.1 Å². The normalized spacial score (nSPS) is 12.5. The van der Waals surface area contributed by atoms with Gasteiger partial charge < -0.3 is 9.13 Å². The summed E-state index contributed by atoms with van der Waals surface area (Å²) in [4.78, 5) is 0. The summed E-state index contributed by atoms with van der Waals surface area (Å²) in [5.41, 5.74) is 11.3. The molecule has 0 radical (unpaired) electrons. The van der Waals surface area contributed by atoms with Crippen molar-refractivity contribution in [1.82, 2.24) is 9.13 Å². The first kappa shape index (κ1) is 39.7. The molecule has 0 saturated carbocycles. The summed E-state index contributed by atoms with van der Waals surface area (Å²) in [5, 5.41) is 6.61. The zero-order chi connectivity index (χ0) is 44.4. The summed E-state index contributed by atoms with van der Waals surface area (Å²) in [7, 11) is 0. The minimum Gasteiger partial charge on any atom is -0.309 e. The molecule has 0 aliphatic heterocycles. The van der Waals surface area contributed by atoms with Crippen LogP contribution in [-0.2, 0) is 10.8 Å². The Morgan fingerprint density at radius 3 is 0.875 bits per heavy atom. The van der Waals surface area contributed by atoms with Gasteiger partial charge in [-0.05, 0) is 163 Å². The van der Waals surface area contributed by atoms with Crippen LogP contribution in [-0.4, -0.2) is 9.13 Å². The molecule has 0 fully saturated rings. The summed E-state index contributed by atoms with van der Waals surface area (Å²) in [6, 6.07) is 49.4. The number of nitrogens with zero attached hydrogens (tertiary/aromatic N) is 2. The van der Waals surface area contributed by atoms with E-state index in [1.165, 1.54) is 59.7 Å². The first-order valence-corrected chi connectivity index (χ1v) is 21.7. The predicted octanol–water partition coefficient (Wildman–Crippen LogP) is 16.7. The molecule has 0 aliphatic carbocycles. The molecule has 2 aromatic heterocycles. The van der Waals surface area contributed by atoms with Gasteiger partial charge in [0.2, 0.25) is 0 Å². The molecule has 6 heteroatoms. The number of rotatable bonds is 4. The highest BCUT2D eigenvalue weighted by Gasteiger charge is 2.23. The van der Waals surface area contributed by atoms with Gasteiger partial charge in [-0.15, -0.1) is 0 Å². The highest BCUT2D eigenvalue weighted by Crippen LogP contribution is 2.47. The molecule has 9 aromatic carbocycles. The molecule has 0 atom stereocenters. The fourth-order valence-electron chi connectivity index (χ4n) is 9.87. The van der Waals surface area contributed by atoms with E-state index in [1.54, 1.807) is 24.3 Å². The lowest BCUT2D eigenvalue weighted by atomic mass is 9.82. The maximum absolute atomic E-state index is 14.8. The molecule has 0 saturated heterocycles. The van der Waals surface area contributed by atoms with Crippen molar-refractivity contribution < 1.29 is 17.6 Å². The fourth-order valence-corrected chi connectivity index (χ4v) is 9.87. The third kappa shape index (κ3) is 6.30. The van der Waals surface area contributed by atoms with Crippen LogP contribution in [0.4, 0.5) is 17.6 Å². The molecule has 0 bridgehead atoms. The van der Waals surface area contributed by atoms with E-state index in [0.717, 1.165) is 77.2 Å². The molecule has 0 N–H and O–H groups in total. The van der Waals surface area contributed by atoms with Crippen LogP contribution in [0.15, 0.2) is 158 Å². The van der Waals surface area contributed by atoms with Crippen LogP contribution in [0.5, 0.6) is 0 Å². The first-order valence-electron chi connectivity index (χ1n) is 21.7. The molecule has 0 spiro atoms. The van der Waals surface area contributed by atoms with Crippen LogP contribution >= 0.6 is 0 Å². The highest BCUT2D eigenvalue weighted by molar-refractivity contribution is 6.22. The van der Waals surface area contributed by atoms with E-state index in [9.17, 15) is 17.6 Å². The molecule has 314 valence electrons. The molecule has 2 heterocycles. The number of hydrogen-bond acceptors (Lipinski definition) is 0. The van der Waals surface area contributed by atoms with Gasteiger partial charge in [-0.3, -0.25) is 0 Å². The molecule has 0 aliphatic rings. The predicted molar refractivity (Wildman–Crippen MR) is 258 cm³/mol. The SMILES string of the molecule is CC(C)(C)c1ccc(-c2c3ccc(-n4c5ccc(F)cc5c5cc(F)ccc54)cc3c(-c3ccc(C(C)(C)C)cc3)c3ccc(-n4c5ccc(F)cc5c5cc(F)ccc54)cc23)cc1. The van der Waals surface area contributed by atoms with E-state index < -0.39 is 0 Å². The van der Waals surface area contributed by atoms with Crippen LogP contribution in [0.2, 0.25) is 0 Å². The van der Waals surface area contributed by atoms with E-state index in [-0.39, 0.29) is 34.1 Å². The van der Waals surface area contributed by atoms with Gasteiger partial charge in [0.25, 0.3) is 0 Å². The number of aromatic nitrogens is 2. The Labute approximate surface area is 368 Å². The van der Waals surface area contributed by atoms with Crippen LogP contribution in [0.25, 0.3) is 98.8 Å². The van der Waals surface area contributed by atoms with Crippen molar-refractivity contribution in [1.29, 1.82) is 0 Å². The number of hydrogen-bond donors (Lipinski definition) is 0. The Balaban J connectivity index is 1.28. The van der Waals surface area contributed by atoms with Crippen molar-refractivity contribution in [3.05, 3.63) is 192 Å². The molecule has 0 amide bonds. The second-order valence-electron chi connectivity index (χ2n) is 19.2. The summed E-state index contributed by atoms with van der Waals surface area (Å²) in [6.07, 6.45) is 0. The number of halogens is 4. The third-order valence-corrected chi connectivity index (χ3v) is 13.1. The summed E-state index contributed by atoms with van der Waals surface area (Å²) >= 11 is 0. The third-order valence-electron chi connectivity index (χ3n) is 13.1. The standard InChI is InChI=1S/C58H44F4N2/c1-57(2,3)35-11-7-33(8-12-35)55-43-21-19-42(64-53-25-17-39(61)29-47(53)48-30-40(62)18-26-54(48)64)32-50(43)56(34-9-13-36(14-10-34)58(4,5)6)44-22-20-41(31-49(44)55)63-51-23-15-37(59)27-45(51)46-28-38(60)16-24-52(46)63/h7-32H,1-6H3. The van der Waals surface area contributed by atoms with Gasteiger partial charge >= 0.3 is 0 Å². The molecule has 64 heavy (non-hydrogen) atoms. The van der Waals surface area contributed by atoms with E-state index in [4.69, 9.17) is 0 Å². The Bertz CT molecular complexity index is 3340. The molecular formula is C58H44F4N2. The zero-order valence-corrected chi connectivity index (χ0v) is 36.4. The highest BCUT2D eigenvalue weighted by atomic mass is 19.1. The summed E-state index contributed by atoms with van der Waals surface area (Å²) < 4.78 is 63.5. The second kappa shape index (κ2) is 14.2. The Morgan fingerprint density at radius 2 is 0.594 bits per heavy atom. The van der Waals surface area contributed by atoms with E-state index in [1.807, 2.05) is 0 Å². The number of fused-ring (bicyclic) bond motifs is 8. The smallest absolute Gasteiger partial charge is 0.123 e. The van der Waals surface area contributed by atoms with Gasteiger partial charge in [-0.25, -0.2) is 17.6 Å². The minimum absolute atomic E-state index is 0.0581. The lowest BCUT2D eigenvalue weighted by Gasteiger charge is -2.23. The van der Waals surface area contributed by atoms with Gasteiger partial charge in [-0.2, -0.15) is 0 Å². The summed E-state index contributed by atoms with van der Waals surface area (Å²) in [6.45, 7) is 13.3. The fraction of sp³-hybridized carbons (Fsp3) is 0.138. The molecule has 11 rings (SSSR count). The largest absolute Gasteiger partial charge is 0.309 e. The maximum atomic E-state index is 14.8. The first-order chi connectivity index (χ1) is 30.6. The average molecular weight is 845 g/mol. The topological polar surface area (TPSA) is 9.86 Å².